The van der Waals surface area contributed by atoms with Gasteiger partial charge in [-0.2, -0.15) is 0 Å². The minimum atomic E-state index is -3.70. The average molecular weight is 694 g/mol. The Kier molecular flexibility index (Phi) is 10.3. The molecule has 2 amide bonds. The van der Waals surface area contributed by atoms with Gasteiger partial charge in [0.05, 0.1) is 46.0 Å². The lowest BCUT2D eigenvalue weighted by Gasteiger charge is -2.29. The summed E-state index contributed by atoms with van der Waals surface area (Å²) in [4.78, 5) is 36.7. The third kappa shape index (κ3) is 8.50. The third-order valence-electron chi connectivity index (χ3n) is 8.87. The van der Waals surface area contributed by atoms with Crippen molar-refractivity contribution in [3.8, 4) is 17.0 Å². The molecule has 3 aliphatic rings. The number of anilines is 2. The van der Waals surface area contributed by atoms with E-state index in [0.29, 0.717) is 60.5 Å². The predicted octanol–water partition coefficient (Wildman–Crippen LogP) is 6.14. The lowest BCUT2D eigenvalue weighted by molar-refractivity contribution is 0.0283. The fourth-order valence-electron chi connectivity index (χ4n) is 6.18. The van der Waals surface area contributed by atoms with Gasteiger partial charge in [-0.05, 0) is 78.0 Å². The Hall–Kier alpha value is -4.23. The van der Waals surface area contributed by atoms with Gasteiger partial charge in [-0.25, -0.2) is 23.2 Å². The Morgan fingerprint density at radius 3 is 2.45 bits per heavy atom. The number of ether oxygens (including phenoxy) is 2. The summed E-state index contributed by atoms with van der Waals surface area (Å²) < 4.78 is 38.3. The fourth-order valence-corrected chi connectivity index (χ4v) is 8.31. The molecule has 0 radical (unpaired) electrons. The number of nitrogens with two attached hydrogens (primary N) is 1. The van der Waals surface area contributed by atoms with Crippen molar-refractivity contribution in [1.29, 1.82) is 0 Å². The van der Waals surface area contributed by atoms with Gasteiger partial charge in [-0.1, -0.05) is 43.5 Å². The molecule has 12 nitrogen and oxygen atoms in total. The number of carbonyl (C=O) groups excluding carboxylic acids is 2. The minimum absolute atomic E-state index is 0.0825. The van der Waals surface area contributed by atoms with Crippen LogP contribution in [0.1, 0.15) is 95.1 Å². The molecule has 1 saturated carbocycles. The van der Waals surface area contributed by atoms with Gasteiger partial charge < -0.3 is 30.5 Å². The number of nitrogen functional groups attached to an aromatic ring is 1. The monoisotopic (exact) mass is 693 g/mol. The van der Waals surface area contributed by atoms with Crippen LogP contribution in [0.25, 0.3) is 11.3 Å². The topological polar surface area (TPSA) is 174 Å². The van der Waals surface area contributed by atoms with Gasteiger partial charge >= 0.3 is 6.09 Å². The second-order valence-corrected chi connectivity index (χ2v) is 16.8. The number of para-hydroxylation sites is 1. The van der Waals surface area contributed by atoms with Gasteiger partial charge in [0, 0.05) is 18.2 Å². The fraction of sp³-hybridized carbons (Fsp3) is 0.500. The van der Waals surface area contributed by atoms with Crippen LogP contribution in [-0.2, 0) is 21.1 Å². The molecule has 1 aliphatic carbocycles. The first-order chi connectivity index (χ1) is 23.0. The van der Waals surface area contributed by atoms with Crippen LogP contribution in [0.4, 0.5) is 16.3 Å². The standard InChI is InChI=1S/C36H47N5O7S/c1-34(2,3)48-33(43)41(5)22-25-11-10-12-27-30(25)47-20-9-7-6-8-17-35(4,44)23-36(18-19-36)49(45,46)26-15-13-24(14-16-26)28-21-38-31(37)29(39-28)32(42)40-27/h10-16,21,44H,6-9,17-20,22-23H2,1-5H3,(H2,37,38)(H,40,42). The number of benzene rings is 2. The van der Waals surface area contributed by atoms with Crippen molar-refractivity contribution in [2.45, 2.75) is 106 Å². The van der Waals surface area contributed by atoms with E-state index in [1.807, 2.05) is 6.07 Å². The Bertz CT molecular complexity index is 1800. The van der Waals surface area contributed by atoms with Crippen molar-refractivity contribution in [3.05, 3.63) is 59.9 Å². The lowest BCUT2D eigenvalue weighted by Crippen LogP contribution is -2.36. The molecule has 2 aliphatic heterocycles. The maximum atomic E-state index is 13.7. The van der Waals surface area contributed by atoms with Crippen molar-refractivity contribution < 1.29 is 32.6 Å². The number of hydrogen-bond acceptors (Lipinski definition) is 10. The van der Waals surface area contributed by atoms with Crippen LogP contribution < -0.4 is 15.8 Å². The number of nitrogens with one attached hydrogen (secondary N) is 1. The first-order valence-corrected chi connectivity index (χ1v) is 18.2. The molecule has 4 bridgehead atoms. The normalized spacial score (nSPS) is 20.9. The van der Waals surface area contributed by atoms with E-state index in [2.05, 4.69) is 15.3 Å². The number of amides is 2. The first kappa shape index (κ1) is 36.1. The molecule has 0 saturated heterocycles. The number of nitrogens with zero attached hydrogens (tertiary/aromatic N) is 3. The van der Waals surface area contributed by atoms with E-state index in [1.54, 1.807) is 59.0 Å². The number of fused-ring (bicyclic) bond motifs is 11. The Labute approximate surface area is 288 Å². The van der Waals surface area contributed by atoms with Crippen molar-refractivity contribution in [2.75, 3.05) is 24.7 Å². The molecule has 2 aromatic carbocycles. The van der Waals surface area contributed by atoms with E-state index < -0.39 is 37.8 Å². The van der Waals surface area contributed by atoms with Gasteiger partial charge in [0.25, 0.3) is 5.91 Å². The number of carbonyl (C=O) groups is 2. The molecule has 6 rings (SSSR count). The molecular formula is C36H47N5O7S. The highest BCUT2D eigenvalue weighted by atomic mass is 32.2. The summed E-state index contributed by atoms with van der Waals surface area (Å²) in [6, 6.07) is 11.6. The number of hydrogen-bond donors (Lipinski definition) is 3. The second-order valence-electron chi connectivity index (χ2n) is 14.5. The lowest BCUT2D eigenvalue weighted by atomic mass is 9.92. The van der Waals surface area contributed by atoms with Crippen molar-refractivity contribution >= 4 is 33.3 Å². The molecule has 4 N–H and O–H groups in total. The molecule has 3 heterocycles. The molecule has 1 aromatic heterocycles. The molecule has 1 unspecified atom stereocenters. The molecule has 1 spiro atoms. The SMILES string of the molecule is CN(Cc1cccc2c1OCCCCCCC(C)(O)CC1(CC1)S(=O)(=O)c1ccc(cc1)-c1cnc(N)c(n1)C(=O)N2)C(=O)OC(C)(C)C. The summed E-state index contributed by atoms with van der Waals surface area (Å²) >= 11 is 0. The summed E-state index contributed by atoms with van der Waals surface area (Å²) in [6.45, 7) is 7.62. The van der Waals surface area contributed by atoms with E-state index in [-0.39, 0.29) is 29.4 Å². The Morgan fingerprint density at radius 1 is 1.08 bits per heavy atom. The molecular weight excluding hydrogens is 646 g/mol. The zero-order chi connectivity index (χ0) is 35.6. The Morgan fingerprint density at radius 2 is 1.78 bits per heavy atom. The van der Waals surface area contributed by atoms with Gasteiger partial charge in [0.15, 0.2) is 21.3 Å². The number of aromatic nitrogens is 2. The zero-order valence-electron chi connectivity index (χ0n) is 28.9. The van der Waals surface area contributed by atoms with Crippen LogP contribution in [0.3, 0.4) is 0 Å². The summed E-state index contributed by atoms with van der Waals surface area (Å²) in [5.41, 5.74) is 6.13. The molecule has 49 heavy (non-hydrogen) atoms. The highest BCUT2D eigenvalue weighted by molar-refractivity contribution is 7.93. The van der Waals surface area contributed by atoms with Crippen LogP contribution in [-0.4, -0.2) is 70.0 Å². The highest BCUT2D eigenvalue weighted by Gasteiger charge is 2.57. The smallest absolute Gasteiger partial charge is 0.410 e. The van der Waals surface area contributed by atoms with Crippen molar-refractivity contribution in [1.82, 2.24) is 14.9 Å². The minimum Gasteiger partial charge on any atom is -0.491 e. The predicted molar refractivity (Wildman–Crippen MR) is 187 cm³/mol. The van der Waals surface area contributed by atoms with Crippen molar-refractivity contribution in [2.24, 2.45) is 0 Å². The number of aliphatic hydroxyl groups is 1. The van der Waals surface area contributed by atoms with Crippen LogP contribution in [0.15, 0.2) is 53.6 Å². The maximum absolute atomic E-state index is 13.7. The van der Waals surface area contributed by atoms with Crippen molar-refractivity contribution in [3.63, 3.8) is 0 Å². The van der Waals surface area contributed by atoms with Crippen LogP contribution in [0, 0.1) is 0 Å². The van der Waals surface area contributed by atoms with Crippen LogP contribution in [0.2, 0.25) is 0 Å². The van der Waals surface area contributed by atoms with Gasteiger partial charge in [0.1, 0.15) is 11.4 Å². The summed E-state index contributed by atoms with van der Waals surface area (Å²) in [7, 11) is -2.07. The van der Waals surface area contributed by atoms with Gasteiger partial charge in [-0.15, -0.1) is 0 Å². The van der Waals surface area contributed by atoms with Crippen LogP contribution >= 0.6 is 0 Å². The number of rotatable bonds is 2. The van der Waals surface area contributed by atoms with Crippen LogP contribution in [0.5, 0.6) is 5.75 Å². The van der Waals surface area contributed by atoms with Gasteiger partial charge in [-0.3, -0.25) is 4.79 Å². The largest absolute Gasteiger partial charge is 0.491 e. The molecule has 13 heteroatoms. The van der Waals surface area contributed by atoms with Gasteiger partial charge in [0.2, 0.25) is 0 Å². The zero-order valence-corrected chi connectivity index (χ0v) is 29.7. The third-order valence-corrected chi connectivity index (χ3v) is 11.5. The molecule has 1 fully saturated rings. The quantitative estimate of drug-likeness (QED) is 0.283. The first-order valence-electron chi connectivity index (χ1n) is 16.7. The molecule has 264 valence electrons. The number of sulfone groups is 1. The van der Waals surface area contributed by atoms with E-state index in [9.17, 15) is 23.1 Å². The highest BCUT2D eigenvalue weighted by Crippen LogP contribution is 2.52. The van der Waals surface area contributed by atoms with E-state index in [1.165, 1.54) is 23.2 Å². The van der Waals surface area contributed by atoms with E-state index >= 15 is 0 Å². The summed E-state index contributed by atoms with van der Waals surface area (Å²) in [5.74, 6) is -0.287. The maximum Gasteiger partial charge on any atom is 0.410 e. The molecule has 3 aromatic rings. The average Bonchev–Trinajstić information content (AvgIpc) is 3.81. The second kappa shape index (κ2) is 13.9. The van der Waals surface area contributed by atoms with E-state index in [4.69, 9.17) is 15.2 Å². The van der Waals surface area contributed by atoms with E-state index in [0.717, 1.165) is 19.3 Å². The summed E-state index contributed by atoms with van der Waals surface area (Å²) in [5, 5.41) is 14.1. The summed E-state index contributed by atoms with van der Waals surface area (Å²) in [6.07, 6.45) is 5.65. The Balaban J connectivity index is 1.48. The molecule has 1 atom stereocenters.